The summed E-state index contributed by atoms with van der Waals surface area (Å²) < 4.78 is 1.93. The first-order valence-corrected chi connectivity index (χ1v) is 12.0. The standard InChI is InChI=1S/C23H22Cl2N10/c1-33-5-7-34(8-6-33)23-31-21(20-22(32-23)35(13-28-20)14-3-2-4-26-11-14)27-12-19-29-17-9-15(24)16(25)10-18(17)30-19/h2-4,9-11,13H,5-8,12H2,1H3,(H,29,30)(H,27,31,32). The number of likely N-dealkylation sites (N-methyl/N-ethyl adjacent to an activating group) is 1. The number of fused-ring (bicyclic) bond motifs is 2. The summed E-state index contributed by atoms with van der Waals surface area (Å²) in [5.41, 5.74) is 3.85. The Labute approximate surface area is 210 Å². The second-order valence-corrected chi connectivity index (χ2v) is 9.30. The quantitative estimate of drug-likeness (QED) is 0.369. The van der Waals surface area contributed by atoms with E-state index in [0.29, 0.717) is 39.5 Å². The maximum absolute atomic E-state index is 6.15. The maximum Gasteiger partial charge on any atom is 0.229 e. The van der Waals surface area contributed by atoms with E-state index >= 15 is 0 Å². The number of aromatic nitrogens is 7. The fraction of sp³-hybridized carbons (Fsp3) is 0.261. The largest absolute Gasteiger partial charge is 0.361 e. The number of benzene rings is 1. The molecule has 2 N–H and O–H groups in total. The zero-order valence-electron chi connectivity index (χ0n) is 18.9. The van der Waals surface area contributed by atoms with Crippen LogP contribution in [0.3, 0.4) is 0 Å². The minimum Gasteiger partial charge on any atom is -0.361 e. The predicted octanol–water partition coefficient (Wildman–Crippen LogP) is 3.76. The number of nitrogens with one attached hydrogen (secondary N) is 2. The Morgan fingerprint density at radius 1 is 1.06 bits per heavy atom. The molecule has 12 heteroatoms. The molecule has 178 valence electrons. The number of nitrogens with zero attached hydrogens (tertiary/aromatic N) is 8. The molecule has 0 spiro atoms. The maximum atomic E-state index is 6.15. The molecule has 5 heterocycles. The average Bonchev–Trinajstić information content (AvgIpc) is 3.47. The molecular formula is C23H22Cl2N10. The van der Waals surface area contributed by atoms with Crippen LogP contribution in [0.25, 0.3) is 27.9 Å². The fourth-order valence-electron chi connectivity index (χ4n) is 4.15. The zero-order chi connectivity index (χ0) is 23.9. The number of imidazole rings is 2. The number of piperazine rings is 1. The van der Waals surface area contributed by atoms with Gasteiger partial charge >= 0.3 is 0 Å². The van der Waals surface area contributed by atoms with Crippen LogP contribution in [0.15, 0.2) is 43.0 Å². The first kappa shape index (κ1) is 22.0. The summed E-state index contributed by atoms with van der Waals surface area (Å²) in [5.74, 6) is 2.04. The summed E-state index contributed by atoms with van der Waals surface area (Å²) in [6, 6.07) is 7.40. The lowest BCUT2D eigenvalue weighted by molar-refractivity contribution is 0.311. The Morgan fingerprint density at radius 2 is 1.89 bits per heavy atom. The van der Waals surface area contributed by atoms with Crippen molar-refractivity contribution >= 4 is 57.2 Å². The molecule has 4 aromatic heterocycles. The van der Waals surface area contributed by atoms with Crippen molar-refractivity contribution in [2.75, 3.05) is 43.4 Å². The van der Waals surface area contributed by atoms with Gasteiger partial charge in [-0.1, -0.05) is 23.2 Å². The molecule has 0 saturated carbocycles. The number of anilines is 2. The van der Waals surface area contributed by atoms with Crippen LogP contribution >= 0.6 is 23.2 Å². The van der Waals surface area contributed by atoms with Gasteiger partial charge in [0, 0.05) is 32.4 Å². The van der Waals surface area contributed by atoms with Crippen molar-refractivity contribution in [3.05, 3.63) is 58.9 Å². The molecule has 0 amide bonds. The van der Waals surface area contributed by atoms with Gasteiger partial charge in [-0.25, -0.2) is 9.97 Å². The number of hydrogen-bond donors (Lipinski definition) is 2. The van der Waals surface area contributed by atoms with Crippen LogP contribution in [0.2, 0.25) is 10.0 Å². The van der Waals surface area contributed by atoms with E-state index in [1.54, 1.807) is 30.9 Å². The van der Waals surface area contributed by atoms with Crippen LogP contribution in [-0.2, 0) is 6.54 Å². The lowest BCUT2D eigenvalue weighted by Crippen LogP contribution is -2.45. The van der Waals surface area contributed by atoms with E-state index < -0.39 is 0 Å². The summed E-state index contributed by atoms with van der Waals surface area (Å²) in [5, 5.41) is 4.36. The van der Waals surface area contributed by atoms with E-state index in [2.05, 4.69) is 42.1 Å². The summed E-state index contributed by atoms with van der Waals surface area (Å²) in [7, 11) is 2.12. The first-order chi connectivity index (χ1) is 17.0. The van der Waals surface area contributed by atoms with Crippen LogP contribution in [-0.4, -0.2) is 72.6 Å². The predicted molar refractivity (Wildman–Crippen MR) is 138 cm³/mol. The molecular weight excluding hydrogens is 487 g/mol. The van der Waals surface area contributed by atoms with Gasteiger partial charge in [0.2, 0.25) is 5.95 Å². The molecule has 5 aromatic rings. The Balaban J connectivity index is 1.37. The molecule has 1 fully saturated rings. The van der Waals surface area contributed by atoms with Crippen LogP contribution in [0.4, 0.5) is 11.8 Å². The molecule has 35 heavy (non-hydrogen) atoms. The van der Waals surface area contributed by atoms with E-state index in [0.717, 1.165) is 48.7 Å². The Hall–Kier alpha value is -3.47. The molecule has 1 aliphatic rings. The van der Waals surface area contributed by atoms with Crippen molar-refractivity contribution in [3.8, 4) is 5.69 Å². The van der Waals surface area contributed by atoms with Gasteiger partial charge < -0.3 is 20.1 Å². The lowest BCUT2D eigenvalue weighted by Gasteiger charge is -2.32. The Morgan fingerprint density at radius 3 is 2.69 bits per heavy atom. The van der Waals surface area contributed by atoms with Crippen molar-refractivity contribution in [2.45, 2.75) is 6.54 Å². The van der Waals surface area contributed by atoms with Crippen molar-refractivity contribution in [1.29, 1.82) is 0 Å². The van der Waals surface area contributed by atoms with E-state index in [9.17, 15) is 0 Å². The highest BCUT2D eigenvalue weighted by Gasteiger charge is 2.21. The van der Waals surface area contributed by atoms with Crippen molar-refractivity contribution in [3.63, 3.8) is 0 Å². The number of H-pyrrole nitrogens is 1. The van der Waals surface area contributed by atoms with Gasteiger partial charge in [0.05, 0.1) is 39.5 Å². The first-order valence-electron chi connectivity index (χ1n) is 11.2. The van der Waals surface area contributed by atoms with Crippen molar-refractivity contribution < 1.29 is 0 Å². The van der Waals surface area contributed by atoms with Gasteiger partial charge in [-0.05, 0) is 31.3 Å². The molecule has 0 aliphatic carbocycles. The monoisotopic (exact) mass is 508 g/mol. The third-order valence-electron chi connectivity index (χ3n) is 6.09. The fourth-order valence-corrected chi connectivity index (χ4v) is 4.48. The molecule has 1 saturated heterocycles. The summed E-state index contributed by atoms with van der Waals surface area (Å²) in [6.45, 7) is 4.03. The van der Waals surface area contributed by atoms with E-state index in [4.69, 9.17) is 33.2 Å². The lowest BCUT2D eigenvalue weighted by atomic mass is 10.3. The highest BCUT2D eigenvalue weighted by atomic mass is 35.5. The van der Waals surface area contributed by atoms with E-state index in [1.165, 1.54) is 0 Å². The van der Waals surface area contributed by atoms with Crippen LogP contribution < -0.4 is 10.2 Å². The minimum atomic E-state index is 0.415. The van der Waals surface area contributed by atoms with E-state index in [1.807, 2.05) is 16.7 Å². The molecule has 10 nitrogen and oxygen atoms in total. The highest BCUT2D eigenvalue weighted by molar-refractivity contribution is 6.42. The van der Waals surface area contributed by atoms with Gasteiger partial charge in [0.25, 0.3) is 0 Å². The average molecular weight is 509 g/mol. The second-order valence-electron chi connectivity index (χ2n) is 8.48. The van der Waals surface area contributed by atoms with Gasteiger partial charge in [0.15, 0.2) is 17.0 Å². The summed E-state index contributed by atoms with van der Waals surface area (Å²) in [4.78, 5) is 31.1. The molecule has 0 unspecified atom stereocenters. The number of hydrogen-bond acceptors (Lipinski definition) is 8. The van der Waals surface area contributed by atoms with Gasteiger partial charge in [-0.3, -0.25) is 9.55 Å². The molecule has 1 aliphatic heterocycles. The summed E-state index contributed by atoms with van der Waals surface area (Å²) in [6.07, 6.45) is 5.28. The highest BCUT2D eigenvalue weighted by Crippen LogP contribution is 2.28. The molecule has 1 aromatic carbocycles. The van der Waals surface area contributed by atoms with Crippen molar-refractivity contribution in [2.24, 2.45) is 0 Å². The second kappa shape index (κ2) is 8.95. The molecule has 0 atom stereocenters. The van der Waals surface area contributed by atoms with Crippen LogP contribution in [0.1, 0.15) is 5.82 Å². The van der Waals surface area contributed by atoms with E-state index in [-0.39, 0.29) is 0 Å². The molecule has 6 rings (SSSR count). The van der Waals surface area contributed by atoms with Crippen molar-refractivity contribution in [1.82, 2.24) is 39.4 Å². The molecule has 0 radical (unpaired) electrons. The third-order valence-corrected chi connectivity index (χ3v) is 6.81. The topological polar surface area (TPSA) is 104 Å². The van der Waals surface area contributed by atoms with Gasteiger partial charge in [-0.2, -0.15) is 9.97 Å². The van der Waals surface area contributed by atoms with Gasteiger partial charge in [0.1, 0.15) is 12.2 Å². The zero-order valence-corrected chi connectivity index (χ0v) is 20.4. The molecule has 0 bridgehead atoms. The SMILES string of the molecule is CN1CCN(c2nc(NCc3nc4cc(Cl)c(Cl)cc4[nH]3)c3ncn(-c4cccnc4)c3n2)CC1. The normalized spacial score (nSPS) is 14.8. The minimum absolute atomic E-state index is 0.415. The number of aromatic amines is 1. The van der Waals surface area contributed by atoms with Gasteiger partial charge in [-0.15, -0.1) is 0 Å². The van der Waals surface area contributed by atoms with Crippen LogP contribution in [0, 0.1) is 0 Å². The summed E-state index contributed by atoms with van der Waals surface area (Å²) >= 11 is 12.3. The number of halogens is 2. The Kier molecular flexibility index (Phi) is 5.63. The smallest absolute Gasteiger partial charge is 0.229 e. The van der Waals surface area contributed by atoms with Crippen LogP contribution in [0.5, 0.6) is 0 Å². The number of pyridine rings is 1. The third kappa shape index (κ3) is 4.24. The Bertz CT molecular complexity index is 1470. The number of rotatable bonds is 5.